The van der Waals surface area contributed by atoms with Gasteiger partial charge in [-0.25, -0.2) is 22.7 Å². The summed E-state index contributed by atoms with van der Waals surface area (Å²) < 4.78 is 37.5. The van der Waals surface area contributed by atoms with Crippen molar-refractivity contribution >= 4 is 17.6 Å². The van der Waals surface area contributed by atoms with Gasteiger partial charge in [-0.15, -0.1) is 0 Å². The van der Waals surface area contributed by atoms with Crippen molar-refractivity contribution in [3.8, 4) is 0 Å². The monoisotopic (exact) mass is 538 g/mol. The van der Waals surface area contributed by atoms with E-state index in [0.29, 0.717) is 24.5 Å². The van der Waals surface area contributed by atoms with Crippen LogP contribution >= 0.6 is 11.6 Å². The number of esters is 1. The lowest BCUT2D eigenvalue weighted by Crippen LogP contribution is -3.00. The lowest BCUT2D eigenvalue weighted by Gasteiger charge is -2.32. The van der Waals surface area contributed by atoms with Crippen LogP contribution in [0, 0.1) is 12.8 Å². The van der Waals surface area contributed by atoms with Gasteiger partial charge in [0, 0.05) is 37.1 Å². The number of halogens is 4. The van der Waals surface area contributed by atoms with Crippen LogP contribution in [0.3, 0.4) is 0 Å². The van der Waals surface area contributed by atoms with E-state index in [9.17, 15) is 18.7 Å². The number of carbonyl (C=O) groups excluding carboxylic acids is 1. The summed E-state index contributed by atoms with van der Waals surface area (Å²) in [6.07, 6.45) is 3.66. The number of hydrogen-bond acceptors (Lipinski definition) is 3. The lowest BCUT2D eigenvalue weighted by molar-refractivity contribution is -0.694. The second kappa shape index (κ2) is 11.7. The molecule has 3 aromatic rings. The molecule has 0 unspecified atom stereocenters. The van der Waals surface area contributed by atoms with Gasteiger partial charge in [0.15, 0.2) is 5.60 Å². The van der Waals surface area contributed by atoms with Gasteiger partial charge in [0.05, 0.1) is 13.2 Å². The highest BCUT2D eigenvalue weighted by molar-refractivity contribution is 6.30. The molecule has 5 nitrogen and oxygen atoms in total. The summed E-state index contributed by atoms with van der Waals surface area (Å²) in [5, 5.41) is 12.1. The number of aryl methyl sites for hydroxylation is 1. The number of benzene rings is 2. The van der Waals surface area contributed by atoms with E-state index in [4.69, 9.17) is 16.3 Å². The summed E-state index contributed by atoms with van der Waals surface area (Å²) in [5.41, 5.74) is -0.671. The minimum atomic E-state index is -2.89. The number of aliphatic hydroxyl groups is 1. The van der Waals surface area contributed by atoms with Crippen molar-refractivity contribution in [3.63, 3.8) is 0 Å². The quantitative estimate of drug-likeness (QED) is 0.258. The molecule has 36 heavy (non-hydrogen) atoms. The van der Waals surface area contributed by atoms with Crippen molar-refractivity contribution in [3.05, 3.63) is 89.0 Å². The topological polar surface area (TPSA) is 55.3 Å². The van der Waals surface area contributed by atoms with E-state index >= 15 is 0 Å². The summed E-state index contributed by atoms with van der Waals surface area (Å²) in [6.45, 7) is 3.40. The zero-order chi connectivity index (χ0) is 25.1. The maximum atomic E-state index is 13.9. The molecule has 0 amide bonds. The summed E-state index contributed by atoms with van der Waals surface area (Å²) >= 11 is 5.96. The largest absolute Gasteiger partial charge is 1.00 e. The van der Waals surface area contributed by atoms with Crippen molar-refractivity contribution in [2.75, 3.05) is 6.61 Å². The number of alkyl halides is 2. The molecular formula is C27H30Cl2F2N2O3. The van der Waals surface area contributed by atoms with E-state index in [-0.39, 0.29) is 37.4 Å². The van der Waals surface area contributed by atoms with Gasteiger partial charge in [0.25, 0.3) is 5.82 Å². The van der Waals surface area contributed by atoms with Crippen LogP contribution in [0.1, 0.15) is 42.6 Å². The molecule has 9 heteroatoms. The number of imidazole rings is 1. The van der Waals surface area contributed by atoms with Gasteiger partial charge in [-0.2, -0.15) is 0 Å². The fourth-order valence-electron chi connectivity index (χ4n) is 4.76. The molecule has 0 radical (unpaired) electrons. The van der Waals surface area contributed by atoms with Gasteiger partial charge >= 0.3 is 5.97 Å². The highest BCUT2D eigenvalue weighted by Gasteiger charge is 2.54. The van der Waals surface area contributed by atoms with Crippen LogP contribution in [-0.2, 0) is 28.2 Å². The molecule has 1 saturated carbocycles. The Balaban J connectivity index is 0.00000361. The summed E-state index contributed by atoms with van der Waals surface area (Å²) in [4.78, 5) is 13.0. The first-order chi connectivity index (χ1) is 16.7. The number of nitrogens with zero attached hydrogens (tertiary/aromatic N) is 2. The predicted octanol–water partition coefficient (Wildman–Crippen LogP) is 2.05. The van der Waals surface area contributed by atoms with Crippen LogP contribution in [0.2, 0.25) is 5.02 Å². The van der Waals surface area contributed by atoms with Gasteiger partial charge in [0.1, 0.15) is 18.9 Å². The fraction of sp³-hybridized carbons (Fsp3) is 0.407. The third kappa shape index (κ3) is 6.25. The summed E-state index contributed by atoms with van der Waals surface area (Å²) in [6, 6.07) is 16.0. The van der Waals surface area contributed by atoms with E-state index < -0.39 is 29.8 Å². The molecule has 1 N–H and O–H groups in total. The molecule has 0 bridgehead atoms. The van der Waals surface area contributed by atoms with Gasteiger partial charge in [0.2, 0.25) is 5.92 Å². The molecule has 1 heterocycles. The van der Waals surface area contributed by atoms with E-state index in [1.54, 1.807) is 30.3 Å². The molecule has 194 valence electrons. The number of carbonyl (C=O) groups is 1. The van der Waals surface area contributed by atoms with Gasteiger partial charge in [-0.3, -0.25) is 0 Å². The lowest BCUT2D eigenvalue weighted by atomic mass is 9.80. The Hall–Kier alpha value is -2.48. The first-order valence-electron chi connectivity index (χ1n) is 11.8. The molecule has 1 aliphatic rings. The van der Waals surface area contributed by atoms with Crippen molar-refractivity contribution < 1.29 is 40.4 Å². The summed E-state index contributed by atoms with van der Waals surface area (Å²) in [5.74, 6) is -3.61. The van der Waals surface area contributed by atoms with Crippen LogP contribution in [0.25, 0.3) is 0 Å². The second-order valence-corrected chi connectivity index (χ2v) is 9.65. The van der Waals surface area contributed by atoms with Crippen molar-refractivity contribution in [1.29, 1.82) is 0 Å². The van der Waals surface area contributed by atoms with Gasteiger partial charge < -0.3 is 22.3 Å². The van der Waals surface area contributed by atoms with E-state index in [0.717, 1.165) is 11.4 Å². The Bertz CT molecular complexity index is 1160. The standard InChI is InChI=1S/C27H30ClF2N2O3.ClH/c1-20-31(15-16-32(20)19-21-8-10-24(28)11-9-21)14-5-17-35-25(33)27(34,22-6-3-2-4-7-22)23-12-13-26(29,30)18-23;/h2-4,6-11,15-16,23,34H,5,12-14,17-19H2,1H3;1H/q+1;/p-1/t23-,27+;/m1./s1. The first kappa shape index (κ1) is 28.1. The van der Waals surface area contributed by atoms with Crippen LogP contribution < -0.4 is 17.0 Å². The number of hydrogen-bond donors (Lipinski definition) is 1. The number of ether oxygens (including phenoxy) is 1. The molecule has 4 rings (SSSR count). The maximum Gasteiger partial charge on any atom is 0.343 e. The molecule has 1 fully saturated rings. The van der Waals surface area contributed by atoms with Crippen LogP contribution in [0.5, 0.6) is 0 Å². The molecule has 2 atom stereocenters. The Kier molecular flexibility index (Phi) is 9.14. The molecule has 1 aromatic heterocycles. The second-order valence-electron chi connectivity index (χ2n) is 9.21. The van der Waals surface area contributed by atoms with Gasteiger partial charge in [-0.05, 0) is 29.7 Å². The van der Waals surface area contributed by atoms with Crippen molar-refractivity contribution in [2.45, 2.75) is 57.2 Å². The minimum Gasteiger partial charge on any atom is -1.00 e. The van der Waals surface area contributed by atoms with Crippen LogP contribution in [0.15, 0.2) is 67.0 Å². The summed E-state index contributed by atoms with van der Waals surface area (Å²) in [7, 11) is 0. The molecule has 2 aromatic carbocycles. The third-order valence-electron chi connectivity index (χ3n) is 6.82. The highest BCUT2D eigenvalue weighted by atomic mass is 35.5. The smallest absolute Gasteiger partial charge is 0.343 e. The predicted molar refractivity (Wildman–Crippen MR) is 128 cm³/mol. The van der Waals surface area contributed by atoms with E-state index in [2.05, 4.69) is 9.13 Å². The van der Waals surface area contributed by atoms with Gasteiger partial charge in [-0.1, -0.05) is 54.1 Å². The van der Waals surface area contributed by atoms with E-state index in [1.165, 1.54) is 0 Å². The number of aromatic nitrogens is 2. The fourth-order valence-corrected chi connectivity index (χ4v) is 4.89. The van der Waals surface area contributed by atoms with Crippen molar-refractivity contribution in [1.82, 2.24) is 4.57 Å². The Morgan fingerprint density at radius 2 is 1.92 bits per heavy atom. The Morgan fingerprint density at radius 3 is 2.56 bits per heavy atom. The van der Waals surface area contributed by atoms with Crippen molar-refractivity contribution in [2.24, 2.45) is 5.92 Å². The Labute approximate surface area is 221 Å². The maximum absolute atomic E-state index is 13.9. The normalized spacial score (nSPS) is 18.3. The molecule has 1 aliphatic carbocycles. The molecule has 0 saturated heterocycles. The zero-order valence-electron chi connectivity index (χ0n) is 20.0. The molecule has 0 aliphatic heterocycles. The Morgan fingerprint density at radius 1 is 1.22 bits per heavy atom. The highest BCUT2D eigenvalue weighted by Crippen LogP contribution is 2.47. The average molecular weight is 539 g/mol. The zero-order valence-corrected chi connectivity index (χ0v) is 21.6. The third-order valence-corrected chi connectivity index (χ3v) is 7.07. The van der Waals surface area contributed by atoms with Crippen LogP contribution in [0.4, 0.5) is 8.78 Å². The first-order valence-corrected chi connectivity index (χ1v) is 12.2. The van der Waals surface area contributed by atoms with Crippen LogP contribution in [-0.4, -0.2) is 28.2 Å². The molecule has 0 spiro atoms. The SMILES string of the molecule is Cc1n(CCCOC(=O)[C@](O)(c2ccccc2)[C@@H]2CCC(F)(F)C2)cc[n+]1Cc1ccc(Cl)cc1.[Cl-]. The molecular weight excluding hydrogens is 509 g/mol. The average Bonchev–Trinajstić information content (AvgIpc) is 3.39. The number of rotatable bonds is 9. The van der Waals surface area contributed by atoms with E-state index in [1.807, 2.05) is 43.6 Å². The minimum absolute atomic E-state index is 0.